The van der Waals surface area contributed by atoms with Crippen molar-refractivity contribution in [2.24, 2.45) is 0 Å². The van der Waals surface area contributed by atoms with Crippen molar-refractivity contribution < 1.29 is 19.7 Å². The monoisotopic (exact) mass is 283 g/mol. The number of phenolic OH excluding ortho intramolecular Hbond substituents is 1. The predicted molar refractivity (Wildman–Crippen MR) is 78.4 cm³/mol. The molecule has 0 bridgehead atoms. The Balaban J connectivity index is 2.69. The van der Waals surface area contributed by atoms with Gasteiger partial charge in [-0.2, -0.15) is 0 Å². The lowest BCUT2D eigenvalue weighted by molar-refractivity contribution is 0.0498. The van der Waals surface area contributed by atoms with E-state index in [1.807, 2.05) is 13.8 Å². The van der Waals surface area contributed by atoms with Crippen LogP contribution in [0.15, 0.2) is 12.1 Å². The first-order chi connectivity index (χ1) is 9.43. The van der Waals surface area contributed by atoms with Gasteiger partial charge in [0.05, 0.1) is 19.8 Å². The Kier molecular flexibility index (Phi) is 6.10. The number of hydrogen-bond donors (Lipinski definition) is 3. The minimum atomic E-state index is -0.708. The van der Waals surface area contributed by atoms with Crippen LogP contribution in [0.5, 0.6) is 17.2 Å². The zero-order chi connectivity index (χ0) is 15.2. The SMILES string of the molecule is CCCC(C)(O)CNCc1cc(OC)c(O)c(OC)c1. The van der Waals surface area contributed by atoms with Gasteiger partial charge in [0.15, 0.2) is 11.5 Å². The third-order valence-corrected chi connectivity index (χ3v) is 3.16. The number of benzene rings is 1. The summed E-state index contributed by atoms with van der Waals surface area (Å²) >= 11 is 0. The number of ether oxygens (including phenoxy) is 2. The van der Waals surface area contributed by atoms with E-state index in [2.05, 4.69) is 5.32 Å². The van der Waals surface area contributed by atoms with Gasteiger partial charge in [0, 0.05) is 13.1 Å². The van der Waals surface area contributed by atoms with Crippen molar-refractivity contribution in [3.05, 3.63) is 17.7 Å². The number of nitrogens with one attached hydrogen (secondary N) is 1. The van der Waals surface area contributed by atoms with E-state index in [0.717, 1.165) is 18.4 Å². The molecule has 0 aliphatic carbocycles. The maximum atomic E-state index is 10.1. The van der Waals surface area contributed by atoms with Gasteiger partial charge < -0.3 is 25.0 Å². The topological polar surface area (TPSA) is 71.0 Å². The third kappa shape index (κ3) is 4.58. The molecular formula is C15H25NO4. The van der Waals surface area contributed by atoms with Gasteiger partial charge in [-0.15, -0.1) is 0 Å². The highest BCUT2D eigenvalue weighted by molar-refractivity contribution is 5.52. The van der Waals surface area contributed by atoms with Crippen LogP contribution in [0.2, 0.25) is 0 Å². The smallest absolute Gasteiger partial charge is 0.200 e. The summed E-state index contributed by atoms with van der Waals surface area (Å²) in [7, 11) is 3.00. The predicted octanol–water partition coefficient (Wildman–Crippen LogP) is 2.05. The maximum absolute atomic E-state index is 10.1. The van der Waals surface area contributed by atoms with Crippen LogP contribution >= 0.6 is 0 Å². The summed E-state index contributed by atoms with van der Waals surface area (Å²) in [5, 5.41) is 23.1. The van der Waals surface area contributed by atoms with E-state index in [0.29, 0.717) is 24.6 Å². The van der Waals surface area contributed by atoms with E-state index in [1.54, 1.807) is 12.1 Å². The second-order valence-corrected chi connectivity index (χ2v) is 5.20. The molecule has 0 saturated carbocycles. The minimum absolute atomic E-state index is 0.00303. The molecule has 20 heavy (non-hydrogen) atoms. The average molecular weight is 283 g/mol. The molecule has 1 unspecified atom stereocenters. The van der Waals surface area contributed by atoms with Crippen LogP contribution in [-0.2, 0) is 6.54 Å². The number of aromatic hydroxyl groups is 1. The maximum Gasteiger partial charge on any atom is 0.200 e. The van der Waals surface area contributed by atoms with Crippen LogP contribution in [-0.4, -0.2) is 36.6 Å². The normalized spacial score (nSPS) is 13.8. The lowest BCUT2D eigenvalue weighted by atomic mass is 10.0. The van der Waals surface area contributed by atoms with Crippen molar-refractivity contribution in [2.45, 2.75) is 38.8 Å². The average Bonchev–Trinajstić information content (AvgIpc) is 2.40. The standard InChI is InChI=1S/C15H25NO4/c1-5-6-15(2,18)10-16-9-11-7-12(19-3)14(17)13(8-11)20-4/h7-8,16-18H,5-6,9-10H2,1-4H3. The summed E-state index contributed by atoms with van der Waals surface area (Å²) < 4.78 is 10.2. The van der Waals surface area contributed by atoms with Crippen molar-refractivity contribution in [1.82, 2.24) is 5.32 Å². The molecule has 5 heteroatoms. The van der Waals surface area contributed by atoms with Crippen LogP contribution in [0.3, 0.4) is 0 Å². The number of aliphatic hydroxyl groups is 1. The van der Waals surface area contributed by atoms with Crippen molar-refractivity contribution in [3.63, 3.8) is 0 Å². The first-order valence-electron chi connectivity index (χ1n) is 6.80. The van der Waals surface area contributed by atoms with E-state index in [-0.39, 0.29) is 5.75 Å². The summed E-state index contributed by atoms with van der Waals surface area (Å²) in [6, 6.07) is 3.50. The Morgan fingerprint density at radius 3 is 2.20 bits per heavy atom. The molecule has 0 radical (unpaired) electrons. The Labute approximate surface area is 120 Å². The molecule has 0 heterocycles. The van der Waals surface area contributed by atoms with Crippen molar-refractivity contribution in [2.75, 3.05) is 20.8 Å². The second-order valence-electron chi connectivity index (χ2n) is 5.20. The zero-order valence-corrected chi connectivity index (χ0v) is 12.7. The largest absolute Gasteiger partial charge is 0.502 e. The fourth-order valence-corrected chi connectivity index (χ4v) is 2.15. The van der Waals surface area contributed by atoms with Crippen LogP contribution in [0.1, 0.15) is 32.3 Å². The molecule has 0 spiro atoms. The van der Waals surface area contributed by atoms with Gasteiger partial charge >= 0.3 is 0 Å². The van der Waals surface area contributed by atoms with Gasteiger partial charge in [-0.05, 0) is 31.0 Å². The lowest BCUT2D eigenvalue weighted by Gasteiger charge is -2.23. The Hall–Kier alpha value is -1.46. The van der Waals surface area contributed by atoms with E-state index in [1.165, 1.54) is 14.2 Å². The molecule has 5 nitrogen and oxygen atoms in total. The van der Waals surface area contributed by atoms with E-state index in [4.69, 9.17) is 9.47 Å². The Morgan fingerprint density at radius 2 is 1.75 bits per heavy atom. The van der Waals surface area contributed by atoms with Crippen molar-refractivity contribution in [3.8, 4) is 17.2 Å². The summed E-state index contributed by atoms with van der Waals surface area (Å²) in [5.41, 5.74) is 0.212. The van der Waals surface area contributed by atoms with Crippen LogP contribution < -0.4 is 14.8 Å². The Bertz CT molecular complexity index is 407. The highest BCUT2D eigenvalue weighted by atomic mass is 16.5. The molecule has 1 aromatic rings. The van der Waals surface area contributed by atoms with Crippen LogP contribution in [0.25, 0.3) is 0 Å². The fraction of sp³-hybridized carbons (Fsp3) is 0.600. The lowest BCUT2D eigenvalue weighted by Crippen LogP contribution is -2.37. The molecule has 0 aliphatic heterocycles. The van der Waals surface area contributed by atoms with Gasteiger partial charge in [-0.25, -0.2) is 0 Å². The first kappa shape index (κ1) is 16.6. The summed E-state index contributed by atoms with van der Waals surface area (Å²) in [4.78, 5) is 0. The number of rotatable bonds is 8. The molecule has 1 atom stereocenters. The highest BCUT2D eigenvalue weighted by Gasteiger charge is 2.18. The number of hydrogen-bond acceptors (Lipinski definition) is 5. The molecule has 3 N–H and O–H groups in total. The molecule has 1 rings (SSSR count). The van der Waals surface area contributed by atoms with Gasteiger partial charge in [0.1, 0.15) is 0 Å². The summed E-state index contributed by atoms with van der Waals surface area (Å²) in [6.07, 6.45) is 1.69. The van der Waals surface area contributed by atoms with E-state index < -0.39 is 5.60 Å². The zero-order valence-electron chi connectivity index (χ0n) is 12.7. The fourth-order valence-electron chi connectivity index (χ4n) is 2.15. The van der Waals surface area contributed by atoms with E-state index in [9.17, 15) is 10.2 Å². The van der Waals surface area contributed by atoms with E-state index >= 15 is 0 Å². The minimum Gasteiger partial charge on any atom is -0.502 e. The van der Waals surface area contributed by atoms with Crippen LogP contribution in [0, 0.1) is 0 Å². The third-order valence-electron chi connectivity index (χ3n) is 3.16. The van der Waals surface area contributed by atoms with Gasteiger partial charge in [-0.1, -0.05) is 13.3 Å². The van der Waals surface area contributed by atoms with Gasteiger partial charge in [0.25, 0.3) is 0 Å². The van der Waals surface area contributed by atoms with Crippen molar-refractivity contribution in [1.29, 1.82) is 0 Å². The summed E-state index contributed by atoms with van der Waals surface area (Å²) in [5.74, 6) is 0.750. The first-order valence-corrected chi connectivity index (χ1v) is 6.80. The molecule has 0 saturated heterocycles. The number of methoxy groups -OCH3 is 2. The van der Waals surface area contributed by atoms with Crippen LogP contribution in [0.4, 0.5) is 0 Å². The molecule has 0 fully saturated rings. The quantitative estimate of drug-likeness (QED) is 0.681. The molecule has 0 aliphatic rings. The Morgan fingerprint density at radius 1 is 1.20 bits per heavy atom. The number of phenols is 1. The van der Waals surface area contributed by atoms with Crippen molar-refractivity contribution >= 4 is 0 Å². The summed E-state index contributed by atoms with van der Waals surface area (Å²) in [6.45, 7) is 4.94. The van der Waals surface area contributed by atoms with Gasteiger partial charge in [-0.3, -0.25) is 0 Å². The molecule has 114 valence electrons. The molecular weight excluding hydrogens is 258 g/mol. The molecule has 0 amide bonds. The molecule has 0 aromatic heterocycles. The highest BCUT2D eigenvalue weighted by Crippen LogP contribution is 2.37. The second kappa shape index (κ2) is 7.36. The van der Waals surface area contributed by atoms with Gasteiger partial charge in [0.2, 0.25) is 5.75 Å². The molecule has 1 aromatic carbocycles.